The molecule has 0 N–H and O–H groups in total. The standard InChI is InChI=1S/C22H24N4O.ClH/c1-22(2)8-7-15-16(13-22)21(25-9-11-27-12-10-25)26-19-6-4-3-5-18(19)24-20(26)17(15)14-23;/h3-6H,7-13H2,1-2H3;1H. The number of para-hydroxylation sites is 2. The number of pyridine rings is 1. The molecule has 1 aliphatic carbocycles. The fraction of sp³-hybridized carbons (Fsp3) is 0.455. The number of hydrogen-bond donors (Lipinski definition) is 0. The highest BCUT2D eigenvalue weighted by molar-refractivity contribution is 5.86. The van der Waals surface area contributed by atoms with Crippen LogP contribution in [0.2, 0.25) is 0 Å². The van der Waals surface area contributed by atoms with Crippen LogP contribution in [0.1, 0.15) is 37.0 Å². The molecule has 5 rings (SSSR count). The molecule has 28 heavy (non-hydrogen) atoms. The van der Waals surface area contributed by atoms with Gasteiger partial charge in [-0.05, 0) is 47.9 Å². The van der Waals surface area contributed by atoms with Crippen molar-refractivity contribution in [2.24, 2.45) is 5.41 Å². The zero-order valence-corrected chi connectivity index (χ0v) is 17.2. The molecule has 0 saturated carbocycles. The van der Waals surface area contributed by atoms with Crippen molar-refractivity contribution in [1.29, 1.82) is 5.26 Å². The molecule has 0 spiro atoms. The number of imidazole rings is 1. The van der Waals surface area contributed by atoms with Crippen LogP contribution in [0.4, 0.5) is 5.82 Å². The van der Waals surface area contributed by atoms with E-state index in [4.69, 9.17) is 9.72 Å². The number of ether oxygens (including phenoxy) is 1. The molecule has 6 heteroatoms. The third kappa shape index (κ3) is 2.83. The van der Waals surface area contributed by atoms with Crippen molar-refractivity contribution in [2.75, 3.05) is 31.2 Å². The van der Waals surface area contributed by atoms with Gasteiger partial charge in [-0.3, -0.25) is 4.40 Å². The molecule has 2 aliphatic rings. The molecular weight excluding hydrogens is 372 g/mol. The van der Waals surface area contributed by atoms with E-state index in [1.165, 1.54) is 16.9 Å². The number of benzene rings is 1. The molecule has 0 radical (unpaired) electrons. The van der Waals surface area contributed by atoms with E-state index < -0.39 is 0 Å². The minimum absolute atomic E-state index is 0. The first-order valence-corrected chi connectivity index (χ1v) is 9.77. The van der Waals surface area contributed by atoms with E-state index in [-0.39, 0.29) is 17.8 Å². The van der Waals surface area contributed by atoms with Crippen LogP contribution in [0.5, 0.6) is 0 Å². The number of nitrogens with zero attached hydrogens (tertiary/aromatic N) is 4. The molecule has 0 atom stereocenters. The number of rotatable bonds is 1. The number of aromatic nitrogens is 2. The summed E-state index contributed by atoms with van der Waals surface area (Å²) < 4.78 is 7.85. The number of morpholine rings is 1. The van der Waals surface area contributed by atoms with Gasteiger partial charge in [-0.25, -0.2) is 4.98 Å². The first kappa shape index (κ1) is 19.0. The van der Waals surface area contributed by atoms with Gasteiger partial charge in [-0.15, -0.1) is 12.4 Å². The quantitative estimate of drug-likeness (QED) is 0.620. The lowest BCUT2D eigenvalue weighted by Crippen LogP contribution is -2.39. The van der Waals surface area contributed by atoms with Crippen molar-refractivity contribution in [2.45, 2.75) is 33.1 Å². The monoisotopic (exact) mass is 396 g/mol. The van der Waals surface area contributed by atoms with Crippen LogP contribution in [0.25, 0.3) is 16.7 Å². The van der Waals surface area contributed by atoms with Gasteiger partial charge in [0.05, 0.1) is 29.8 Å². The second kappa shape index (κ2) is 6.95. The first-order chi connectivity index (χ1) is 13.1. The fourth-order valence-electron chi connectivity index (χ4n) is 4.68. The Kier molecular flexibility index (Phi) is 4.73. The predicted molar refractivity (Wildman–Crippen MR) is 113 cm³/mol. The molecule has 2 aromatic heterocycles. The maximum Gasteiger partial charge on any atom is 0.157 e. The SMILES string of the molecule is CC1(C)CCc2c(c(N3CCOCC3)n3c(nc4ccccc43)c2C#N)C1.Cl. The molecular formula is C22H25ClN4O. The molecule has 0 amide bonds. The van der Waals surface area contributed by atoms with Crippen molar-refractivity contribution in [3.8, 4) is 6.07 Å². The van der Waals surface area contributed by atoms with Gasteiger partial charge in [0.15, 0.2) is 5.65 Å². The first-order valence-electron chi connectivity index (χ1n) is 9.77. The average Bonchev–Trinajstić information content (AvgIpc) is 3.05. The molecule has 3 heterocycles. The maximum atomic E-state index is 10.0. The van der Waals surface area contributed by atoms with Crippen molar-refractivity contribution < 1.29 is 4.74 Å². The summed E-state index contributed by atoms with van der Waals surface area (Å²) in [5.41, 5.74) is 6.38. The number of nitriles is 1. The Morgan fingerprint density at radius 1 is 1.14 bits per heavy atom. The van der Waals surface area contributed by atoms with Gasteiger partial charge < -0.3 is 9.64 Å². The van der Waals surface area contributed by atoms with Gasteiger partial charge in [0.2, 0.25) is 0 Å². The van der Waals surface area contributed by atoms with Crippen LogP contribution >= 0.6 is 12.4 Å². The van der Waals surface area contributed by atoms with Crippen LogP contribution < -0.4 is 4.90 Å². The normalized spacial score (nSPS) is 18.5. The number of halogens is 1. The van der Waals surface area contributed by atoms with Gasteiger partial charge in [-0.2, -0.15) is 5.26 Å². The molecule has 3 aromatic rings. The second-order valence-corrected chi connectivity index (χ2v) is 8.47. The highest BCUT2D eigenvalue weighted by Gasteiger charge is 2.33. The third-order valence-electron chi connectivity index (χ3n) is 6.06. The van der Waals surface area contributed by atoms with Gasteiger partial charge in [-0.1, -0.05) is 26.0 Å². The lowest BCUT2D eigenvalue weighted by molar-refractivity contribution is 0.122. The lowest BCUT2D eigenvalue weighted by Gasteiger charge is -2.38. The van der Waals surface area contributed by atoms with Crippen molar-refractivity contribution >= 4 is 34.9 Å². The summed E-state index contributed by atoms with van der Waals surface area (Å²) in [6.45, 7) is 7.90. The molecule has 1 aliphatic heterocycles. The van der Waals surface area contributed by atoms with E-state index in [1.807, 2.05) is 12.1 Å². The van der Waals surface area contributed by atoms with Crippen molar-refractivity contribution in [3.05, 3.63) is 41.0 Å². The minimum Gasteiger partial charge on any atom is -0.378 e. The van der Waals surface area contributed by atoms with Crippen LogP contribution in [0, 0.1) is 16.7 Å². The zero-order chi connectivity index (χ0) is 18.6. The molecule has 1 fully saturated rings. The van der Waals surface area contributed by atoms with E-state index in [9.17, 15) is 5.26 Å². The Morgan fingerprint density at radius 3 is 2.64 bits per heavy atom. The lowest BCUT2D eigenvalue weighted by atomic mass is 9.73. The fourth-order valence-corrected chi connectivity index (χ4v) is 4.68. The van der Waals surface area contributed by atoms with Crippen LogP contribution in [0.3, 0.4) is 0 Å². The van der Waals surface area contributed by atoms with Crippen molar-refractivity contribution in [1.82, 2.24) is 9.38 Å². The van der Waals surface area contributed by atoms with Crippen LogP contribution in [0.15, 0.2) is 24.3 Å². The number of hydrogen-bond acceptors (Lipinski definition) is 4. The topological polar surface area (TPSA) is 53.6 Å². The van der Waals surface area contributed by atoms with E-state index in [0.717, 1.165) is 67.8 Å². The third-order valence-corrected chi connectivity index (χ3v) is 6.06. The summed E-state index contributed by atoms with van der Waals surface area (Å²) in [4.78, 5) is 7.30. The molecule has 1 saturated heterocycles. The van der Waals surface area contributed by atoms with E-state index >= 15 is 0 Å². The Balaban J connectivity index is 0.00000192. The van der Waals surface area contributed by atoms with E-state index in [0.29, 0.717) is 0 Å². The molecule has 146 valence electrons. The molecule has 0 bridgehead atoms. The Labute approximate surface area is 171 Å². The summed E-state index contributed by atoms with van der Waals surface area (Å²) >= 11 is 0. The summed E-state index contributed by atoms with van der Waals surface area (Å²) in [6.07, 6.45) is 3.04. The Morgan fingerprint density at radius 2 is 1.89 bits per heavy atom. The molecule has 1 aromatic carbocycles. The highest BCUT2D eigenvalue weighted by atomic mass is 35.5. The Hall–Kier alpha value is -2.29. The summed E-state index contributed by atoms with van der Waals surface area (Å²) in [6, 6.07) is 10.7. The van der Waals surface area contributed by atoms with Crippen LogP contribution in [-0.4, -0.2) is 35.7 Å². The van der Waals surface area contributed by atoms with Gasteiger partial charge in [0.25, 0.3) is 0 Å². The zero-order valence-electron chi connectivity index (χ0n) is 16.4. The summed E-state index contributed by atoms with van der Waals surface area (Å²) in [5, 5.41) is 10.0. The minimum atomic E-state index is 0. The smallest absolute Gasteiger partial charge is 0.157 e. The predicted octanol–water partition coefficient (Wildman–Crippen LogP) is 4.13. The van der Waals surface area contributed by atoms with Gasteiger partial charge >= 0.3 is 0 Å². The van der Waals surface area contributed by atoms with E-state index in [2.05, 4.69) is 41.4 Å². The molecule has 0 unspecified atom stereocenters. The molecule has 5 nitrogen and oxygen atoms in total. The van der Waals surface area contributed by atoms with E-state index in [1.54, 1.807) is 0 Å². The summed E-state index contributed by atoms with van der Waals surface area (Å²) in [7, 11) is 0. The van der Waals surface area contributed by atoms with Gasteiger partial charge in [0, 0.05) is 13.1 Å². The Bertz CT molecular complexity index is 1090. The maximum absolute atomic E-state index is 10.0. The van der Waals surface area contributed by atoms with Crippen molar-refractivity contribution in [3.63, 3.8) is 0 Å². The average molecular weight is 397 g/mol. The largest absolute Gasteiger partial charge is 0.378 e. The second-order valence-electron chi connectivity index (χ2n) is 8.47. The van der Waals surface area contributed by atoms with Crippen LogP contribution in [-0.2, 0) is 17.6 Å². The van der Waals surface area contributed by atoms with Gasteiger partial charge in [0.1, 0.15) is 11.9 Å². The number of anilines is 1. The number of fused-ring (bicyclic) bond motifs is 4. The highest BCUT2D eigenvalue weighted by Crippen LogP contribution is 2.43. The summed E-state index contributed by atoms with van der Waals surface area (Å²) in [5.74, 6) is 1.23.